The zero-order chi connectivity index (χ0) is 11.5. The predicted molar refractivity (Wildman–Crippen MR) is 63.7 cm³/mol. The van der Waals surface area contributed by atoms with Crippen molar-refractivity contribution >= 4 is 0 Å². The van der Waals surface area contributed by atoms with Gasteiger partial charge < -0.3 is 0 Å². The van der Waals surface area contributed by atoms with E-state index in [2.05, 4.69) is 4.98 Å². The fourth-order valence-corrected chi connectivity index (χ4v) is 1.80. The van der Waals surface area contributed by atoms with Crippen LogP contribution in [0.1, 0.15) is 18.1 Å². The molecular weight excluding hydrogens is 201 g/mol. The molecule has 1 nitrogen and oxygen atoms in total. The molecule has 0 saturated heterocycles. The number of rotatable bonds is 2. The van der Waals surface area contributed by atoms with Gasteiger partial charge in [-0.05, 0) is 24.5 Å². The summed E-state index contributed by atoms with van der Waals surface area (Å²) in [5, 5.41) is 0. The van der Waals surface area contributed by atoms with Gasteiger partial charge in [-0.2, -0.15) is 0 Å². The maximum absolute atomic E-state index is 13.6. The van der Waals surface area contributed by atoms with E-state index in [1.165, 1.54) is 11.8 Å². The van der Waals surface area contributed by atoms with Crippen LogP contribution < -0.4 is 0 Å². The average Bonchev–Trinajstić information content (AvgIpc) is 2.30. The van der Waals surface area contributed by atoms with E-state index in [0.29, 0.717) is 6.42 Å². The van der Waals surface area contributed by atoms with Gasteiger partial charge in [-0.1, -0.05) is 36.8 Å². The standard InChI is InChI=1S/C14H14FN/c1-3-12-13(8-16-9-14(12)15)11-6-4-10(2)5-7-11/h4-9H,3H2,1-2H3. The van der Waals surface area contributed by atoms with Crippen molar-refractivity contribution in [1.82, 2.24) is 4.98 Å². The molecule has 0 fully saturated rings. The Morgan fingerprint density at radius 2 is 1.81 bits per heavy atom. The molecule has 0 amide bonds. The lowest BCUT2D eigenvalue weighted by Crippen LogP contribution is -1.94. The summed E-state index contributed by atoms with van der Waals surface area (Å²) in [7, 11) is 0. The van der Waals surface area contributed by atoms with Gasteiger partial charge in [-0.25, -0.2) is 4.39 Å². The maximum atomic E-state index is 13.6. The monoisotopic (exact) mass is 215 g/mol. The lowest BCUT2D eigenvalue weighted by molar-refractivity contribution is 0.606. The molecule has 1 aromatic carbocycles. The van der Waals surface area contributed by atoms with Crippen molar-refractivity contribution in [2.75, 3.05) is 0 Å². The van der Waals surface area contributed by atoms with E-state index in [9.17, 15) is 4.39 Å². The molecule has 0 aliphatic carbocycles. The van der Waals surface area contributed by atoms with E-state index in [1.807, 2.05) is 38.1 Å². The highest BCUT2D eigenvalue weighted by Gasteiger charge is 2.08. The van der Waals surface area contributed by atoms with Gasteiger partial charge in [0.1, 0.15) is 5.82 Å². The number of aryl methyl sites for hydroxylation is 1. The summed E-state index contributed by atoms with van der Waals surface area (Å²) in [5.41, 5.74) is 3.85. The van der Waals surface area contributed by atoms with Gasteiger partial charge in [0.2, 0.25) is 0 Å². The number of aromatic nitrogens is 1. The minimum atomic E-state index is -0.222. The first-order chi connectivity index (χ1) is 7.72. The third kappa shape index (κ3) is 1.96. The zero-order valence-electron chi connectivity index (χ0n) is 9.50. The number of pyridine rings is 1. The van der Waals surface area contributed by atoms with Gasteiger partial charge in [0.05, 0.1) is 6.20 Å². The van der Waals surface area contributed by atoms with Gasteiger partial charge in [-0.15, -0.1) is 0 Å². The number of nitrogens with zero attached hydrogens (tertiary/aromatic N) is 1. The molecule has 0 aliphatic rings. The lowest BCUT2D eigenvalue weighted by Gasteiger charge is -2.08. The van der Waals surface area contributed by atoms with Gasteiger partial charge in [0.25, 0.3) is 0 Å². The number of hydrogen-bond acceptors (Lipinski definition) is 1. The lowest BCUT2D eigenvalue weighted by atomic mass is 9.99. The van der Waals surface area contributed by atoms with Crippen molar-refractivity contribution in [3.05, 3.63) is 53.6 Å². The Morgan fingerprint density at radius 1 is 1.12 bits per heavy atom. The topological polar surface area (TPSA) is 12.9 Å². The second-order valence-electron chi connectivity index (χ2n) is 3.87. The summed E-state index contributed by atoms with van der Waals surface area (Å²) in [5.74, 6) is -0.222. The van der Waals surface area contributed by atoms with Crippen LogP contribution in [0.3, 0.4) is 0 Å². The number of halogens is 1. The minimum Gasteiger partial charge on any atom is -0.261 e. The Balaban J connectivity index is 2.55. The highest BCUT2D eigenvalue weighted by atomic mass is 19.1. The molecule has 1 aromatic heterocycles. The third-order valence-corrected chi connectivity index (χ3v) is 2.72. The highest BCUT2D eigenvalue weighted by molar-refractivity contribution is 5.66. The summed E-state index contributed by atoms with van der Waals surface area (Å²) in [6, 6.07) is 8.06. The van der Waals surface area contributed by atoms with E-state index in [4.69, 9.17) is 0 Å². The molecule has 2 rings (SSSR count). The van der Waals surface area contributed by atoms with Crippen molar-refractivity contribution in [2.45, 2.75) is 20.3 Å². The molecule has 0 spiro atoms. The van der Waals surface area contributed by atoms with Gasteiger partial charge in [-0.3, -0.25) is 4.98 Å². The Morgan fingerprint density at radius 3 is 2.44 bits per heavy atom. The van der Waals surface area contributed by atoms with E-state index < -0.39 is 0 Å². The van der Waals surface area contributed by atoms with E-state index in [-0.39, 0.29) is 5.82 Å². The van der Waals surface area contributed by atoms with Crippen LogP contribution in [0.15, 0.2) is 36.7 Å². The van der Waals surface area contributed by atoms with Crippen molar-refractivity contribution in [1.29, 1.82) is 0 Å². The van der Waals surface area contributed by atoms with Crippen molar-refractivity contribution in [3.63, 3.8) is 0 Å². The summed E-state index contributed by atoms with van der Waals surface area (Å²) in [6.07, 6.45) is 3.68. The van der Waals surface area contributed by atoms with Crippen LogP contribution in [-0.2, 0) is 6.42 Å². The smallest absolute Gasteiger partial charge is 0.145 e. The van der Waals surface area contributed by atoms with Crippen molar-refractivity contribution in [3.8, 4) is 11.1 Å². The first-order valence-corrected chi connectivity index (χ1v) is 5.41. The molecule has 16 heavy (non-hydrogen) atoms. The molecule has 1 heterocycles. The Labute approximate surface area is 95.0 Å². The van der Waals surface area contributed by atoms with Crippen LogP contribution >= 0.6 is 0 Å². The molecule has 0 radical (unpaired) electrons. The fraction of sp³-hybridized carbons (Fsp3) is 0.214. The van der Waals surface area contributed by atoms with Gasteiger partial charge in [0, 0.05) is 11.8 Å². The fourth-order valence-electron chi connectivity index (χ4n) is 1.80. The molecule has 2 heteroatoms. The second-order valence-corrected chi connectivity index (χ2v) is 3.87. The molecular formula is C14H14FN. The predicted octanol–water partition coefficient (Wildman–Crippen LogP) is 3.76. The van der Waals surface area contributed by atoms with Crippen LogP contribution in [-0.4, -0.2) is 4.98 Å². The first kappa shape index (κ1) is 10.8. The van der Waals surface area contributed by atoms with Crippen LogP contribution in [0.5, 0.6) is 0 Å². The van der Waals surface area contributed by atoms with Crippen LogP contribution in [0.4, 0.5) is 4.39 Å². The second kappa shape index (κ2) is 4.44. The van der Waals surface area contributed by atoms with E-state index in [1.54, 1.807) is 6.20 Å². The van der Waals surface area contributed by atoms with Crippen molar-refractivity contribution < 1.29 is 4.39 Å². The average molecular weight is 215 g/mol. The summed E-state index contributed by atoms with van der Waals surface area (Å²) >= 11 is 0. The quantitative estimate of drug-likeness (QED) is 0.743. The van der Waals surface area contributed by atoms with E-state index in [0.717, 1.165) is 16.7 Å². The maximum Gasteiger partial charge on any atom is 0.145 e. The Kier molecular flexibility index (Phi) is 3.00. The molecule has 82 valence electrons. The molecule has 2 aromatic rings. The van der Waals surface area contributed by atoms with Crippen molar-refractivity contribution in [2.24, 2.45) is 0 Å². The van der Waals surface area contributed by atoms with Crippen LogP contribution in [0, 0.1) is 12.7 Å². The Bertz CT molecular complexity index is 489. The summed E-state index contributed by atoms with van der Waals surface area (Å²) in [6.45, 7) is 3.99. The number of hydrogen-bond donors (Lipinski definition) is 0. The molecule has 0 saturated carbocycles. The molecule has 0 N–H and O–H groups in total. The third-order valence-electron chi connectivity index (χ3n) is 2.72. The molecule has 0 bridgehead atoms. The van der Waals surface area contributed by atoms with Crippen LogP contribution in [0.2, 0.25) is 0 Å². The van der Waals surface area contributed by atoms with Gasteiger partial charge in [0.15, 0.2) is 0 Å². The highest BCUT2D eigenvalue weighted by Crippen LogP contribution is 2.25. The summed E-state index contributed by atoms with van der Waals surface area (Å²) < 4.78 is 13.6. The zero-order valence-corrected chi connectivity index (χ0v) is 9.50. The summed E-state index contributed by atoms with van der Waals surface area (Å²) in [4.78, 5) is 3.92. The van der Waals surface area contributed by atoms with Gasteiger partial charge >= 0.3 is 0 Å². The van der Waals surface area contributed by atoms with Crippen LogP contribution in [0.25, 0.3) is 11.1 Å². The largest absolute Gasteiger partial charge is 0.261 e. The SMILES string of the molecule is CCc1c(F)cncc1-c1ccc(C)cc1. The van der Waals surface area contributed by atoms with E-state index >= 15 is 0 Å². The molecule has 0 atom stereocenters. The minimum absolute atomic E-state index is 0.222. The first-order valence-electron chi connectivity index (χ1n) is 5.41. The normalized spacial score (nSPS) is 10.4. The molecule has 0 unspecified atom stereocenters. The Hall–Kier alpha value is -1.70. The number of benzene rings is 1. The molecule has 0 aliphatic heterocycles.